The quantitative estimate of drug-likeness (QED) is 0.328. The van der Waals surface area contributed by atoms with E-state index in [9.17, 15) is 19.2 Å². The predicted octanol–water partition coefficient (Wildman–Crippen LogP) is 5.25. The van der Waals surface area contributed by atoms with E-state index < -0.39 is 17.8 Å². The molecule has 8 nitrogen and oxygen atoms in total. The maximum atomic E-state index is 12.9. The lowest BCUT2D eigenvalue weighted by Crippen LogP contribution is -2.32. The highest BCUT2D eigenvalue weighted by atomic mass is 35.5. The molecule has 3 aromatic rings. The van der Waals surface area contributed by atoms with Crippen LogP contribution in [0.2, 0.25) is 0 Å². The molecule has 0 spiro atoms. The molecule has 188 valence electrons. The third-order valence-corrected chi connectivity index (χ3v) is 5.81. The Kier molecular flexibility index (Phi) is 7.40. The lowest BCUT2D eigenvalue weighted by molar-refractivity contribution is -0.120. The number of halogens is 1. The Morgan fingerprint density at radius 2 is 1.38 bits per heavy atom. The number of carbonyl (C=O) groups excluding carboxylic acids is 4. The van der Waals surface area contributed by atoms with Gasteiger partial charge in [-0.1, -0.05) is 29.3 Å². The first-order chi connectivity index (χ1) is 17.6. The van der Waals surface area contributed by atoms with E-state index >= 15 is 0 Å². The zero-order valence-electron chi connectivity index (χ0n) is 20.4. The number of hydrogen-bond donors (Lipinski definition) is 2. The zero-order valence-corrected chi connectivity index (χ0v) is 21.1. The summed E-state index contributed by atoms with van der Waals surface area (Å²) in [7, 11) is 0. The van der Waals surface area contributed by atoms with Gasteiger partial charge >= 0.3 is 5.97 Å². The Hall–Kier alpha value is -4.43. The minimum atomic E-state index is -0.613. The molecule has 0 aliphatic carbocycles. The number of imide groups is 1. The van der Waals surface area contributed by atoms with Gasteiger partial charge in [0.25, 0.3) is 17.7 Å². The molecular formula is C28H24ClN3O5. The maximum Gasteiger partial charge on any atom is 0.338 e. The van der Waals surface area contributed by atoms with Crippen LogP contribution in [0.15, 0.2) is 83.5 Å². The molecule has 3 amide bonds. The molecule has 0 bridgehead atoms. The summed E-state index contributed by atoms with van der Waals surface area (Å²) in [4.78, 5) is 51.2. The molecule has 0 aromatic heterocycles. The van der Waals surface area contributed by atoms with Crippen LogP contribution in [0.4, 0.5) is 17.1 Å². The number of esters is 1. The van der Waals surface area contributed by atoms with Gasteiger partial charge in [0.15, 0.2) is 0 Å². The molecule has 4 rings (SSSR count). The Balaban J connectivity index is 1.41. The van der Waals surface area contributed by atoms with E-state index in [1.54, 1.807) is 86.6 Å². The molecule has 0 saturated heterocycles. The standard InChI is InChI=1S/C28H24ClN3O5/c1-16(2)37-28(36)19-8-12-21(13-9-19)31-25(33)18-6-10-20(11-7-18)30-24-23(29)26(34)32(27(24)35)22-14-4-17(3)5-15-22/h4-16,30H,1-3H3,(H,31,33). The fraction of sp³-hybridized carbons (Fsp3) is 0.143. The van der Waals surface area contributed by atoms with Gasteiger partial charge in [0.1, 0.15) is 10.7 Å². The van der Waals surface area contributed by atoms with Crippen molar-refractivity contribution in [3.05, 3.63) is 100 Å². The normalized spacial score (nSPS) is 13.3. The van der Waals surface area contributed by atoms with Gasteiger partial charge in [-0.25, -0.2) is 9.69 Å². The van der Waals surface area contributed by atoms with Crippen LogP contribution in [0.1, 0.15) is 40.1 Å². The van der Waals surface area contributed by atoms with Crippen molar-refractivity contribution in [3.8, 4) is 0 Å². The summed E-state index contributed by atoms with van der Waals surface area (Å²) in [5.41, 5.74) is 3.11. The van der Waals surface area contributed by atoms with Gasteiger partial charge in [-0.05, 0) is 81.4 Å². The number of amides is 3. The second-order valence-electron chi connectivity index (χ2n) is 8.66. The highest BCUT2D eigenvalue weighted by Gasteiger charge is 2.38. The summed E-state index contributed by atoms with van der Waals surface area (Å²) >= 11 is 6.19. The fourth-order valence-electron chi connectivity index (χ4n) is 3.56. The van der Waals surface area contributed by atoms with Crippen LogP contribution < -0.4 is 15.5 Å². The molecule has 0 atom stereocenters. The number of rotatable bonds is 7. The second-order valence-corrected chi connectivity index (χ2v) is 9.04. The van der Waals surface area contributed by atoms with Gasteiger partial charge in [-0.15, -0.1) is 0 Å². The Morgan fingerprint density at radius 1 is 0.811 bits per heavy atom. The summed E-state index contributed by atoms with van der Waals surface area (Å²) in [6, 6.07) is 19.7. The molecule has 37 heavy (non-hydrogen) atoms. The average Bonchev–Trinajstić information content (AvgIpc) is 3.08. The van der Waals surface area contributed by atoms with Gasteiger partial charge in [-0.3, -0.25) is 14.4 Å². The largest absolute Gasteiger partial charge is 0.459 e. The molecule has 0 saturated carbocycles. The van der Waals surface area contributed by atoms with Gasteiger partial charge in [-0.2, -0.15) is 0 Å². The van der Waals surface area contributed by atoms with Crippen molar-refractivity contribution < 1.29 is 23.9 Å². The third-order valence-electron chi connectivity index (χ3n) is 5.46. The van der Waals surface area contributed by atoms with E-state index in [-0.39, 0.29) is 22.7 Å². The molecule has 1 aliphatic rings. The Morgan fingerprint density at radius 3 is 1.97 bits per heavy atom. The molecule has 1 aliphatic heterocycles. The molecule has 0 radical (unpaired) electrons. The van der Waals surface area contributed by atoms with Crippen molar-refractivity contribution in [2.75, 3.05) is 15.5 Å². The van der Waals surface area contributed by atoms with Crippen LogP contribution in [-0.2, 0) is 14.3 Å². The molecule has 0 unspecified atom stereocenters. The monoisotopic (exact) mass is 517 g/mol. The van der Waals surface area contributed by atoms with Crippen molar-refractivity contribution in [2.45, 2.75) is 26.9 Å². The van der Waals surface area contributed by atoms with Crippen molar-refractivity contribution in [1.82, 2.24) is 0 Å². The van der Waals surface area contributed by atoms with Crippen molar-refractivity contribution in [2.24, 2.45) is 0 Å². The van der Waals surface area contributed by atoms with E-state index in [1.807, 2.05) is 6.92 Å². The number of aryl methyl sites for hydroxylation is 1. The van der Waals surface area contributed by atoms with Crippen LogP contribution in [0.5, 0.6) is 0 Å². The number of nitrogens with zero attached hydrogens (tertiary/aromatic N) is 1. The van der Waals surface area contributed by atoms with Crippen LogP contribution in [0.3, 0.4) is 0 Å². The second kappa shape index (κ2) is 10.7. The van der Waals surface area contributed by atoms with E-state index in [4.69, 9.17) is 16.3 Å². The molecule has 3 aromatic carbocycles. The molecule has 9 heteroatoms. The number of benzene rings is 3. The first kappa shape index (κ1) is 25.7. The first-order valence-corrected chi connectivity index (χ1v) is 11.9. The summed E-state index contributed by atoms with van der Waals surface area (Å²) in [5.74, 6) is -1.98. The zero-order chi connectivity index (χ0) is 26.7. The smallest absolute Gasteiger partial charge is 0.338 e. The summed E-state index contributed by atoms with van der Waals surface area (Å²) in [5, 5.41) is 5.43. The maximum absolute atomic E-state index is 12.9. The number of hydrogen-bond acceptors (Lipinski definition) is 6. The van der Waals surface area contributed by atoms with Gasteiger partial charge in [0.05, 0.1) is 17.4 Å². The molecule has 2 N–H and O–H groups in total. The minimum Gasteiger partial charge on any atom is -0.459 e. The first-order valence-electron chi connectivity index (χ1n) is 11.5. The Labute approximate surface area is 218 Å². The number of ether oxygens (including phenoxy) is 1. The van der Waals surface area contributed by atoms with Crippen LogP contribution in [0.25, 0.3) is 0 Å². The van der Waals surface area contributed by atoms with Gasteiger partial charge in [0.2, 0.25) is 0 Å². The topological polar surface area (TPSA) is 105 Å². The van der Waals surface area contributed by atoms with Gasteiger partial charge in [0, 0.05) is 16.9 Å². The Bertz CT molecular complexity index is 1400. The van der Waals surface area contributed by atoms with Gasteiger partial charge < -0.3 is 15.4 Å². The minimum absolute atomic E-state index is 0.0412. The highest BCUT2D eigenvalue weighted by molar-refractivity contribution is 6.53. The van der Waals surface area contributed by atoms with Crippen molar-refractivity contribution in [1.29, 1.82) is 0 Å². The van der Waals surface area contributed by atoms with Crippen molar-refractivity contribution in [3.63, 3.8) is 0 Å². The lowest BCUT2D eigenvalue weighted by atomic mass is 10.1. The average molecular weight is 518 g/mol. The number of nitrogens with one attached hydrogen (secondary N) is 2. The van der Waals surface area contributed by atoms with Crippen LogP contribution in [-0.4, -0.2) is 29.8 Å². The van der Waals surface area contributed by atoms with E-state index in [1.165, 1.54) is 0 Å². The van der Waals surface area contributed by atoms with Crippen LogP contribution in [0, 0.1) is 6.92 Å². The summed E-state index contributed by atoms with van der Waals surface area (Å²) in [6.45, 7) is 5.44. The molecular weight excluding hydrogens is 494 g/mol. The number of carbonyl (C=O) groups is 4. The number of anilines is 3. The van der Waals surface area contributed by atoms with Crippen molar-refractivity contribution >= 4 is 52.4 Å². The summed E-state index contributed by atoms with van der Waals surface area (Å²) < 4.78 is 5.15. The SMILES string of the molecule is Cc1ccc(N2C(=O)C(Cl)=C(Nc3ccc(C(=O)Nc4ccc(C(=O)OC(C)C)cc4)cc3)C2=O)cc1. The summed E-state index contributed by atoms with van der Waals surface area (Å²) in [6.07, 6.45) is -0.226. The van der Waals surface area contributed by atoms with E-state index in [2.05, 4.69) is 10.6 Å². The van der Waals surface area contributed by atoms with E-state index in [0.29, 0.717) is 28.2 Å². The lowest BCUT2D eigenvalue weighted by Gasteiger charge is -2.15. The van der Waals surface area contributed by atoms with Crippen LogP contribution >= 0.6 is 11.6 Å². The third kappa shape index (κ3) is 5.70. The highest BCUT2D eigenvalue weighted by Crippen LogP contribution is 2.30. The predicted molar refractivity (Wildman–Crippen MR) is 142 cm³/mol. The molecule has 1 heterocycles. The molecule has 0 fully saturated rings. The van der Waals surface area contributed by atoms with E-state index in [0.717, 1.165) is 10.5 Å². The fourth-order valence-corrected chi connectivity index (χ4v) is 3.78.